The van der Waals surface area contributed by atoms with E-state index in [0.717, 1.165) is 4.47 Å². The molecular formula is C26H16BrN. The molecule has 5 aromatic carbocycles. The van der Waals surface area contributed by atoms with E-state index in [1.165, 1.54) is 54.5 Å². The van der Waals surface area contributed by atoms with Crippen LogP contribution in [0.3, 0.4) is 0 Å². The van der Waals surface area contributed by atoms with Crippen molar-refractivity contribution < 1.29 is 0 Å². The number of rotatable bonds is 1. The van der Waals surface area contributed by atoms with E-state index in [2.05, 4.69) is 112 Å². The molecule has 6 aromatic rings. The summed E-state index contributed by atoms with van der Waals surface area (Å²) in [7, 11) is 0. The molecule has 1 nitrogen and oxygen atoms in total. The zero-order chi connectivity index (χ0) is 18.7. The number of H-pyrrole nitrogens is 1. The summed E-state index contributed by atoms with van der Waals surface area (Å²) in [5, 5.41) is 7.70. The summed E-state index contributed by atoms with van der Waals surface area (Å²) in [5.41, 5.74) is 4.81. The normalized spacial score (nSPS) is 11.8. The molecule has 0 fully saturated rings. The van der Waals surface area contributed by atoms with Gasteiger partial charge in [-0.1, -0.05) is 70.5 Å². The van der Waals surface area contributed by atoms with Gasteiger partial charge < -0.3 is 4.98 Å². The van der Waals surface area contributed by atoms with Crippen molar-refractivity contribution in [1.29, 1.82) is 0 Å². The quantitative estimate of drug-likeness (QED) is 0.258. The van der Waals surface area contributed by atoms with E-state index in [-0.39, 0.29) is 0 Å². The lowest BCUT2D eigenvalue weighted by Crippen LogP contribution is -1.79. The Morgan fingerprint density at radius 1 is 0.500 bits per heavy atom. The predicted molar refractivity (Wildman–Crippen MR) is 124 cm³/mol. The number of aromatic amines is 1. The molecule has 1 aromatic heterocycles. The van der Waals surface area contributed by atoms with Crippen molar-refractivity contribution in [3.8, 4) is 11.1 Å². The summed E-state index contributed by atoms with van der Waals surface area (Å²) in [6.07, 6.45) is 0. The summed E-state index contributed by atoms with van der Waals surface area (Å²) >= 11 is 3.59. The van der Waals surface area contributed by atoms with E-state index >= 15 is 0 Å². The molecular weight excluding hydrogens is 406 g/mol. The number of hydrogen-bond acceptors (Lipinski definition) is 0. The second-order valence-electron chi connectivity index (χ2n) is 7.30. The lowest BCUT2D eigenvalue weighted by atomic mass is 9.98. The average molecular weight is 422 g/mol. The number of benzene rings is 5. The van der Waals surface area contributed by atoms with E-state index in [4.69, 9.17) is 0 Å². The Hall–Kier alpha value is -3.10. The lowest BCUT2D eigenvalue weighted by molar-refractivity contribution is 1.55. The minimum absolute atomic E-state index is 1.10. The largest absolute Gasteiger partial charge is 0.354 e. The highest BCUT2D eigenvalue weighted by atomic mass is 79.9. The van der Waals surface area contributed by atoms with Crippen molar-refractivity contribution in [2.24, 2.45) is 0 Å². The molecule has 0 saturated heterocycles. The molecule has 1 heterocycles. The van der Waals surface area contributed by atoms with Crippen molar-refractivity contribution >= 4 is 59.3 Å². The zero-order valence-electron chi connectivity index (χ0n) is 15.0. The molecule has 0 bridgehead atoms. The first-order chi connectivity index (χ1) is 13.8. The van der Waals surface area contributed by atoms with Gasteiger partial charge in [0.25, 0.3) is 0 Å². The molecule has 0 spiro atoms. The van der Waals surface area contributed by atoms with Gasteiger partial charge >= 0.3 is 0 Å². The Labute approximate surface area is 170 Å². The maximum atomic E-state index is 3.60. The van der Waals surface area contributed by atoms with Crippen LogP contribution < -0.4 is 0 Å². The standard InChI is InChI=1S/C26H16BrN/c27-20-6-3-5-17(12-20)18-10-11-25-23(13-18)24-15-22-19(14-26(24)28-25)9-8-16-4-1-2-7-21(16)22/h1-15,28H. The van der Waals surface area contributed by atoms with Crippen LogP contribution in [0.25, 0.3) is 54.5 Å². The molecule has 0 aliphatic carbocycles. The molecule has 0 aliphatic rings. The van der Waals surface area contributed by atoms with Crippen LogP contribution in [0.2, 0.25) is 0 Å². The molecule has 28 heavy (non-hydrogen) atoms. The Balaban J connectivity index is 1.68. The predicted octanol–water partition coefficient (Wildman–Crippen LogP) is 8.06. The van der Waals surface area contributed by atoms with Gasteiger partial charge in [0.1, 0.15) is 0 Å². The van der Waals surface area contributed by atoms with Crippen LogP contribution >= 0.6 is 15.9 Å². The molecule has 0 radical (unpaired) electrons. The maximum absolute atomic E-state index is 3.60. The fourth-order valence-electron chi connectivity index (χ4n) is 4.25. The molecule has 0 aliphatic heterocycles. The van der Waals surface area contributed by atoms with Crippen LogP contribution in [0, 0.1) is 0 Å². The third-order valence-electron chi connectivity index (χ3n) is 5.62. The number of halogens is 1. The second-order valence-corrected chi connectivity index (χ2v) is 8.22. The molecule has 2 heteroatoms. The van der Waals surface area contributed by atoms with Gasteiger partial charge in [-0.2, -0.15) is 0 Å². The first-order valence-electron chi connectivity index (χ1n) is 9.39. The molecule has 6 rings (SSSR count). The van der Waals surface area contributed by atoms with Gasteiger partial charge in [0.2, 0.25) is 0 Å². The lowest BCUT2D eigenvalue weighted by Gasteiger charge is -2.05. The van der Waals surface area contributed by atoms with Crippen LogP contribution in [0.4, 0.5) is 0 Å². The van der Waals surface area contributed by atoms with Gasteiger partial charge in [0.15, 0.2) is 0 Å². The van der Waals surface area contributed by atoms with Gasteiger partial charge in [-0.15, -0.1) is 0 Å². The van der Waals surface area contributed by atoms with Crippen molar-refractivity contribution in [3.63, 3.8) is 0 Å². The highest BCUT2D eigenvalue weighted by Crippen LogP contribution is 2.35. The summed E-state index contributed by atoms with van der Waals surface area (Å²) in [4.78, 5) is 3.60. The van der Waals surface area contributed by atoms with Crippen LogP contribution in [0.5, 0.6) is 0 Å². The third-order valence-corrected chi connectivity index (χ3v) is 6.11. The minimum Gasteiger partial charge on any atom is -0.354 e. The van der Waals surface area contributed by atoms with E-state index in [0.29, 0.717) is 0 Å². The van der Waals surface area contributed by atoms with E-state index in [1.54, 1.807) is 0 Å². The van der Waals surface area contributed by atoms with Crippen molar-refractivity contribution in [1.82, 2.24) is 4.98 Å². The molecule has 1 N–H and O–H groups in total. The van der Waals surface area contributed by atoms with E-state index < -0.39 is 0 Å². The van der Waals surface area contributed by atoms with Gasteiger partial charge in [-0.05, 0) is 69.1 Å². The van der Waals surface area contributed by atoms with Gasteiger partial charge in [0, 0.05) is 26.3 Å². The molecule has 0 amide bonds. The molecule has 0 saturated carbocycles. The monoisotopic (exact) mass is 421 g/mol. The molecule has 0 atom stereocenters. The van der Waals surface area contributed by atoms with Crippen LogP contribution in [0.1, 0.15) is 0 Å². The van der Waals surface area contributed by atoms with Crippen molar-refractivity contribution in [2.75, 3.05) is 0 Å². The summed E-state index contributed by atoms with van der Waals surface area (Å²) in [6, 6.07) is 32.8. The topological polar surface area (TPSA) is 15.8 Å². The SMILES string of the molecule is Brc1cccc(-c2ccc3[nH]c4cc5ccc6ccccc6c5cc4c3c2)c1. The third kappa shape index (κ3) is 2.38. The summed E-state index contributed by atoms with van der Waals surface area (Å²) in [6.45, 7) is 0. The fraction of sp³-hybridized carbons (Fsp3) is 0. The maximum Gasteiger partial charge on any atom is 0.0471 e. The number of hydrogen-bond donors (Lipinski definition) is 1. The van der Waals surface area contributed by atoms with Gasteiger partial charge in [-0.25, -0.2) is 0 Å². The van der Waals surface area contributed by atoms with Crippen molar-refractivity contribution in [3.05, 3.63) is 95.5 Å². The average Bonchev–Trinajstić information content (AvgIpc) is 3.09. The minimum atomic E-state index is 1.10. The van der Waals surface area contributed by atoms with Gasteiger partial charge in [-0.3, -0.25) is 0 Å². The molecule has 132 valence electrons. The van der Waals surface area contributed by atoms with Crippen LogP contribution in [-0.4, -0.2) is 4.98 Å². The van der Waals surface area contributed by atoms with Crippen molar-refractivity contribution in [2.45, 2.75) is 0 Å². The Bertz CT molecular complexity index is 1520. The van der Waals surface area contributed by atoms with E-state index in [9.17, 15) is 0 Å². The Morgan fingerprint density at radius 2 is 1.32 bits per heavy atom. The first kappa shape index (κ1) is 15.9. The van der Waals surface area contributed by atoms with Gasteiger partial charge in [0.05, 0.1) is 0 Å². The smallest absolute Gasteiger partial charge is 0.0471 e. The van der Waals surface area contributed by atoms with E-state index in [1.807, 2.05) is 0 Å². The van der Waals surface area contributed by atoms with Crippen LogP contribution in [-0.2, 0) is 0 Å². The number of nitrogens with one attached hydrogen (secondary N) is 1. The zero-order valence-corrected chi connectivity index (χ0v) is 16.6. The number of aromatic nitrogens is 1. The molecule has 0 unspecified atom stereocenters. The second kappa shape index (κ2) is 5.95. The fourth-order valence-corrected chi connectivity index (χ4v) is 4.65. The Kier molecular flexibility index (Phi) is 3.38. The van der Waals surface area contributed by atoms with Crippen LogP contribution in [0.15, 0.2) is 95.5 Å². The first-order valence-corrected chi connectivity index (χ1v) is 10.2. The summed E-state index contributed by atoms with van der Waals surface area (Å²) < 4.78 is 1.10. The Morgan fingerprint density at radius 3 is 2.25 bits per heavy atom. The summed E-state index contributed by atoms with van der Waals surface area (Å²) in [5.74, 6) is 0. The highest BCUT2D eigenvalue weighted by Gasteiger charge is 2.09. The highest BCUT2D eigenvalue weighted by molar-refractivity contribution is 9.10. The number of fused-ring (bicyclic) bond motifs is 6.